The predicted octanol–water partition coefficient (Wildman–Crippen LogP) is 3.04. The Morgan fingerprint density at radius 2 is 1.94 bits per heavy atom. The summed E-state index contributed by atoms with van der Waals surface area (Å²) in [5.74, 6) is -1.21. The molecule has 17 heavy (non-hydrogen) atoms. The van der Waals surface area contributed by atoms with E-state index >= 15 is 0 Å². The number of aromatic nitrogens is 1. The first-order valence-corrected chi connectivity index (χ1v) is 4.91. The second-order valence-corrected chi connectivity index (χ2v) is 3.55. The number of hydrogen-bond acceptors (Lipinski definition) is 3. The number of ether oxygens (including phenoxy) is 1. The van der Waals surface area contributed by atoms with E-state index in [1.807, 2.05) is 0 Å². The molecule has 2 rings (SSSR count). The molecule has 0 aliphatic heterocycles. The number of rotatable bonds is 2. The van der Waals surface area contributed by atoms with Crippen molar-refractivity contribution in [2.24, 2.45) is 0 Å². The third kappa shape index (κ3) is 2.33. The van der Waals surface area contributed by atoms with Gasteiger partial charge in [-0.05, 0) is 13.0 Å². The lowest BCUT2D eigenvalue weighted by Crippen LogP contribution is -1.96. The molecule has 0 spiro atoms. The summed E-state index contributed by atoms with van der Waals surface area (Å²) in [7, 11) is 0. The molecule has 0 aliphatic rings. The van der Waals surface area contributed by atoms with E-state index in [0.717, 1.165) is 17.7 Å². The van der Waals surface area contributed by atoms with Crippen molar-refractivity contribution in [1.29, 1.82) is 0 Å². The van der Waals surface area contributed by atoms with Crippen LogP contribution in [0.15, 0.2) is 30.6 Å². The van der Waals surface area contributed by atoms with Crippen LogP contribution < -0.4 is 10.5 Å². The topological polar surface area (TPSA) is 48.1 Å². The van der Waals surface area contributed by atoms with Crippen LogP contribution in [-0.4, -0.2) is 4.98 Å². The lowest BCUT2D eigenvalue weighted by molar-refractivity contribution is 0.434. The number of benzene rings is 1. The van der Waals surface area contributed by atoms with Crippen molar-refractivity contribution in [1.82, 2.24) is 4.98 Å². The van der Waals surface area contributed by atoms with Crippen molar-refractivity contribution in [3.8, 4) is 11.5 Å². The van der Waals surface area contributed by atoms with Crippen molar-refractivity contribution in [2.75, 3.05) is 5.73 Å². The minimum atomic E-state index is -0.715. The first-order valence-electron chi connectivity index (χ1n) is 4.91. The second kappa shape index (κ2) is 4.37. The van der Waals surface area contributed by atoms with Gasteiger partial charge in [0.25, 0.3) is 0 Å². The highest BCUT2D eigenvalue weighted by atomic mass is 19.1. The van der Waals surface area contributed by atoms with Gasteiger partial charge < -0.3 is 10.5 Å². The highest BCUT2D eigenvalue weighted by Crippen LogP contribution is 2.29. The van der Waals surface area contributed by atoms with Gasteiger partial charge in [-0.2, -0.15) is 0 Å². The number of pyridine rings is 1. The monoisotopic (exact) mass is 236 g/mol. The van der Waals surface area contributed by atoms with E-state index in [1.54, 1.807) is 19.2 Å². The lowest BCUT2D eigenvalue weighted by atomic mass is 10.2. The molecule has 1 aromatic heterocycles. The number of aryl methyl sites for hydroxylation is 1. The van der Waals surface area contributed by atoms with Gasteiger partial charge in [0, 0.05) is 30.1 Å². The van der Waals surface area contributed by atoms with Crippen LogP contribution in [0.1, 0.15) is 5.56 Å². The largest absolute Gasteiger partial charge is 0.454 e. The van der Waals surface area contributed by atoms with Gasteiger partial charge in [0.1, 0.15) is 11.6 Å². The zero-order chi connectivity index (χ0) is 12.4. The molecule has 0 saturated carbocycles. The molecule has 88 valence electrons. The van der Waals surface area contributed by atoms with Gasteiger partial charge in [-0.25, -0.2) is 8.78 Å². The summed E-state index contributed by atoms with van der Waals surface area (Å²) >= 11 is 0. The third-order valence-electron chi connectivity index (χ3n) is 2.24. The summed E-state index contributed by atoms with van der Waals surface area (Å²) in [4.78, 5) is 3.87. The molecular weight excluding hydrogens is 226 g/mol. The van der Waals surface area contributed by atoms with E-state index in [9.17, 15) is 8.78 Å². The average Bonchev–Trinajstić information content (AvgIpc) is 2.29. The molecule has 0 fully saturated rings. The van der Waals surface area contributed by atoms with E-state index in [-0.39, 0.29) is 11.4 Å². The van der Waals surface area contributed by atoms with Gasteiger partial charge >= 0.3 is 0 Å². The summed E-state index contributed by atoms with van der Waals surface area (Å²) in [5, 5.41) is 0. The summed E-state index contributed by atoms with van der Waals surface area (Å²) in [6.07, 6.45) is 3.08. The fourth-order valence-corrected chi connectivity index (χ4v) is 1.32. The van der Waals surface area contributed by atoms with Gasteiger partial charge in [-0.15, -0.1) is 0 Å². The van der Waals surface area contributed by atoms with Crippen LogP contribution in [0.4, 0.5) is 14.5 Å². The predicted molar refractivity (Wildman–Crippen MR) is 59.8 cm³/mol. The van der Waals surface area contributed by atoms with Crippen LogP contribution in [0.3, 0.4) is 0 Å². The summed E-state index contributed by atoms with van der Waals surface area (Å²) < 4.78 is 31.9. The van der Waals surface area contributed by atoms with Crippen molar-refractivity contribution in [2.45, 2.75) is 6.92 Å². The minimum absolute atomic E-state index is 0.203. The molecule has 0 atom stereocenters. The normalized spacial score (nSPS) is 10.3. The molecule has 0 amide bonds. The van der Waals surface area contributed by atoms with Crippen molar-refractivity contribution < 1.29 is 13.5 Å². The van der Waals surface area contributed by atoms with Crippen molar-refractivity contribution in [3.63, 3.8) is 0 Å². The smallest absolute Gasteiger partial charge is 0.167 e. The Bertz CT molecular complexity index is 558. The SMILES string of the molecule is Cc1cnccc1Oc1cc(F)c(N)cc1F. The van der Waals surface area contributed by atoms with Crippen LogP contribution in [0.25, 0.3) is 0 Å². The Labute approximate surface area is 96.9 Å². The first-order chi connectivity index (χ1) is 8.08. The average molecular weight is 236 g/mol. The molecular formula is C12H10F2N2O. The zero-order valence-corrected chi connectivity index (χ0v) is 9.08. The number of nitrogens with zero attached hydrogens (tertiary/aromatic N) is 1. The Morgan fingerprint density at radius 1 is 1.18 bits per heavy atom. The number of halogens is 2. The maximum Gasteiger partial charge on any atom is 0.167 e. The van der Waals surface area contributed by atoms with Gasteiger partial charge in [0.05, 0.1) is 5.69 Å². The molecule has 5 heteroatoms. The van der Waals surface area contributed by atoms with E-state index in [4.69, 9.17) is 10.5 Å². The van der Waals surface area contributed by atoms with Crippen LogP contribution in [-0.2, 0) is 0 Å². The third-order valence-corrected chi connectivity index (χ3v) is 2.24. The highest BCUT2D eigenvalue weighted by molar-refractivity contribution is 5.46. The molecule has 2 aromatic rings. The Kier molecular flexibility index (Phi) is 2.91. The number of hydrogen-bond donors (Lipinski definition) is 1. The number of nitrogen functional groups attached to an aromatic ring is 1. The molecule has 0 unspecified atom stereocenters. The van der Waals surface area contributed by atoms with Crippen LogP contribution >= 0.6 is 0 Å². The zero-order valence-electron chi connectivity index (χ0n) is 9.08. The maximum absolute atomic E-state index is 13.5. The Balaban J connectivity index is 2.37. The van der Waals surface area contributed by atoms with Crippen LogP contribution in [0, 0.1) is 18.6 Å². The maximum atomic E-state index is 13.5. The highest BCUT2D eigenvalue weighted by Gasteiger charge is 2.10. The number of anilines is 1. The summed E-state index contributed by atoms with van der Waals surface area (Å²) in [5.41, 5.74) is 5.71. The van der Waals surface area contributed by atoms with Gasteiger partial charge in [-0.3, -0.25) is 4.98 Å². The summed E-state index contributed by atoms with van der Waals surface area (Å²) in [6.45, 7) is 1.76. The second-order valence-electron chi connectivity index (χ2n) is 3.55. The van der Waals surface area contributed by atoms with Crippen LogP contribution in [0.2, 0.25) is 0 Å². The molecule has 1 heterocycles. The molecule has 3 nitrogen and oxygen atoms in total. The van der Waals surface area contributed by atoms with Crippen molar-refractivity contribution >= 4 is 5.69 Å². The van der Waals surface area contributed by atoms with Gasteiger partial charge in [0.15, 0.2) is 11.6 Å². The Morgan fingerprint density at radius 3 is 2.65 bits per heavy atom. The number of nitrogens with two attached hydrogens (primary N) is 1. The standard InChI is InChI=1S/C12H10F2N2O/c1-7-6-16-3-2-11(7)17-12-5-8(13)10(15)4-9(12)14/h2-6H,15H2,1H3. The van der Waals surface area contributed by atoms with E-state index < -0.39 is 11.6 Å². The molecule has 0 bridgehead atoms. The Hall–Kier alpha value is -2.17. The fraction of sp³-hybridized carbons (Fsp3) is 0.0833. The molecule has 0 saturated heterocycles. The van der Waals surface area contributed by atoms with Gasteiger partial charge in [0.2, 0.25) is 0 Å². The molecule has 2 N–H and O–H groups in total. The molecule has 1 aromatic carbocycles. The van der Waals surface area contributed by atoms with E-state index in [1.165, 1.54) is 6.20 Å². The van der Waals surface area contributed by atoms with Gasteiger partial charge in [-0.1, -0.05) is 0 Å². The fourth-order valence-electron chi connectivity index (χ4n) is 1.32. The lowest BCUT2D eigenvalue weighted by Gasteiger charge is -2.09. The molecule has 0 aliphatic carbocycles. The van der Waals surface area contributed by atoms with E-state index in [0.29, 0.717) is 5.75 Å². The minimum Gasteiger partial charge on any atom is -0.454 e. The summed E-state index contributed by atoms with van der Waals surface area (Å²) in [6, 6.07) is 3.38. The quantitative estimate of drug-likeness (QED) is 0.815. The molecule has 0 radical (unpaired) electrons. The van der Waals surface area contributed by atoms with Crippen molar-refractivity contribution in [3.05, 3.63) is 47.8 Å². The first kappa shape index (κ1) is 11.3. The van der Waals surface area contributed by atoms with Crippen LogP contribution in [0.5, 0.6) is 11.5 Å². The van der Waals surface area contributed by atoms with E-state index in [2.05, 4.69) is 4.98 Å².